The van der Waals surface area contributed by atoms with Gasteiger partial charge in [-0.25, -0.2) is 9.18 Å². The van der Waals surface area contributed by atoms with Crippen molar-refractivity contribution in [3.63, 3.8) is 0 Å². The van der Waals surface area contributed by atoms with Crippen LogP contribution < -0.4 is 5.32 Å². The summed E-state index contributed by atoms with van der Waals surface area (Å²) in [5, 5.41) is 2.76. The number of para-hydroxylation sites is 1. The molecule has 0 aliphatic heterocycles. The van der Waals surface area contributed by atoms with Gasteiger partial charge < -0.3 is 10.1 Å². The van der Waals surface area contributed by atoms with E-state index < -0.39 is 5.97 Å². The van der Waals surface area contributed by atoms with Crippen molar-refractivity contribution in [1.29, 1.82) is 0 Å². The maximum absolute atomic E-state index is 13.1. The van der Waals surface area contributed by atoms with E-state index in [1.165, 1.54) is 32.2 Å². The van der Waals surface area contributed by atoms with E-state index in [-0.39, 0.29) is 11.7 Å². The third kappa shape index (κ3) is 4.26. The molecule has 2 aromatic carbocycles. The van der Waals surface area contributed by atoms with Gasteiger partial charge in [-0.1, -0.05) is 30.3 Å². The summed E-state index contributed by atoms with van der Waals surface area (Å²) >= 11 is 0. The molecule has 0 saturated heterocycles. The maximum Gasteiger partial charge on any atom is 0.330 e. The van der Waals surface area contributed by atoms with E-state index in [9.17, 15) is 14.0 Å². The molecule has 0 atom stereocenters. The Morgan fingerprint density at radius 1 is 1.13 bits per heavy atom. The number of carbonyl (C=O) groups excluding carboxylic acids is 2. The van der Waals surface area contributed by atoms with Crippen molar-refractivity contribution in [1.82, 2.24) is 0 Å². The maximum atomic E-state index is 13.1. The first-order valence-corrected chi connectivity index (χ1v) is 6.94. The third-order valence-corrected chi connectivity index (χ3v) is 3.15. The number of hydrogen-bond acceptors (Lipinski definition) is 3. The number of ether oxygens (including phenoxy) is 1. The number of carbonyl (C=O) groups is 2. The van der Waals surface area contributed by atoms with E-state index in [1.807, 2.05) is 6.07 Å². The van der Waals surface area contributed by atoms with E-state index in [4.69, 9.17) is 0 Å². The van der Waals surface area contributed by atoms with E-state index in [2.05, 4.69) is 10.1 Å². The van der Waals surface area contributed by atoms with Crippen LogP contribution in [0.2, 0.25) is 0 Å². The van der Waals surface area contributed by atoms with Crippen LogP contribution in [0.25, 0.3) is 17.2 Å². The predicted molar refractivity (Wildman–Crippen MR) is 87.2 cm³/mol. The van der Waals surface area contributed by atoms with Gasteiger partial charge in [-0.05, 0) is 29.3 Å². The van der Waals surface area contributed by atoms with Crippen molar-refractivity contribution in [3.8, 4) is 11.1 Å². The van der Waals surface area contributed by atoms with Gasteiger partial charge >= 0.3 is 5.97 Å². The third-order valence-electron chi connectivity index (χ3n) is 3.15. The number of amides is 1. The molecule has 0 unspecified atom stereocenters. The molecule has 0 heterocycles. The van der Waals surface area contributed by atoms with Gasteiger partial charge in [-0.15, -0.1) is 0 Å². The molecule has 2 rings (SSSR count). The van der Waals surface area contributed by atoms with Crippen LogP contribution in [-0.4, -0.2) is 19.0 Å². The topological polar surface area (TPSA) is 55.4 Å². The van der Waals surface area contributed by atoms with Crippen LogP contribution in [-0.2, 0) is 14.3 Å². The van der Waals surface area contributed by atoms with Crippen molar-refractivity contribution >= 4 is 23.6 Å². The number of halogens is 1. The second-order valence-corrected chi connectivity index (χ2v) is 4.81. The lowest BCUT2D eigenvalue weighted by molar-refractivity contribution is -0.134. The van der Waals surface area contributed by atoms with Gasteiger partial charge in [0, 0.05) is 18.6 Å². The second kappa shape index (κ2) is 7.35. The molecule has 0 bridgehead atoms. The van der Waals surface area contributed by atoms with Gasteiger partial charge in [0.1, 0.15) is 5.82 Å². The molecule has 0 aromatic heterocycles. The number of rotatable bonds is 4. The molecule has 0 radical (unpaired) electrons. The Morgan fingerprint density at radius 2 is 1.83 bits per heavy atom. The number of anilines is 1. The minimum absolute atomic E-state index is 0.243. The van der Waals surface area contributed by atoms with Crippen LogP contribution in [0.1, 0.15) is 12.5 Å². The summed E-state index contributed by atoms with van der Waals surface area (Å²) < 4.78 is 17.7. The fourth-order valence-electron chi connectivity index (χ4n) is 2.12. The van der Waals surface area contributed by atoms with Crippen LogP contribution in [0.15, 0.2) is 48.5 Å². The van der Waals surface area contributed by atoms with Gasteiger partial charge in [0.15, 0.2) is 0 Å². The number of hydrogen-bond donors (Lipinski definition) is 1. The SMILES string of the molecule is COC(=O)/C=C/c1cccc(-c2ccc(F)cc2)c1NC(C)=O. The van der Waals surface area contributed by atoms with Crippen molar-refractivity contribution in [3.05, 3.63) is 59.9 Å². The van der Waals surface area contributed by atoms with Crippen LogP contribution in [0.3, 0.4) is 0 Å². The normalized spacial score (nSPS) is 10.6. The number of benzene rings is 2. The van der Waals surface area contributed by atoms with E-state index in [0.29, 0.717) is 11.3 Å². The summed E-state index contributed by atoms with van der Waals surface area (Å²) in [5.74, 6) is -1.07. The first kappa shape index (κ1) is 16.4. The lowest BCUT2D eigenvalue weighted by atomic mass is 9.99. The Kier molecular flexibility index (Phi) is 5.25. The van der Waals surface area contributed by atoms with Crippen LogP contribution in [0.5, 0.6) is 0 Å². The molecule has 0 aliphatic carbocycles. The molecule has 2 aromatic rings. The number of esters is 1. The summed E-state index contributed by atoms with van der Waals surface area (Å²) in [4.78, 5) is 22.8. The lowest BCUT2D eigenvalue weighted by Gasteiger charge is -2.13. The Hall–Kier alpha value is -2.95. The lowest BCUT2D eigenvalue weighted by Crippen LogP contribution is -2.08. The fourth-order valence-corrected chi connectivity index (χ4v) is 2.12. The summed E-state index contributed by atoms with van der Waals surface area (Å²) in [6.45, 7) is 1.40. The monoisotopic (exact) mass is 313 g/mol. The zero-order valence-corrected chi connectivity index (χ0v) is 12.8. The Labute approximate surface area is 133 Å². The zero-order valence-electron chi connectivity index (χ0n) is 12.8. The van der Waals surface area contributed by atoms with Gasteiger partial charge in [0.05, 0.1) is 12.8 Å². The van der Waals surface area contributed by atoms with Crippen molar-refractivity contribution in [2.75, 3.05) is 12.4 Å². The largest absolute Gasteiger partial charge is 0.466 e. The molecular weight excluding hydrogens is 297 g/mol. The summed E-state index contributed by atoms with van der Waals surface area (Å²) in [5.41, 5.74) is 2.68. The minimum atomic E-state index is -0.494. The Morgan fingerprint density at radius 3 is 2.43 bits per heavy atom. The standard InChI is InChI=1S/C18H16FNO3/c1-12(21)20-18-14(8-11-17(22)23-2)4-3-5-16(18)13-6-9-15(19)10-7-13/h3-11H,1-2H3,(H,20,21)/b11-8+. The molecule has 23 heavy (non-hydrogen) atoms. The van der Waals surface area contributed by atoms with Crippen LogP contribution in [0, 0.1) is 5.82 Å². The first-order valence-electron chi connectivity index (χ1n) is 6.94. The van der Waals surface area contributed by atoms with Gasteiger partial charge in [-0.3, -0.25) is 4.79 Å². The molecule has 4 nitrogen and oxygen atoms in total. The molecule has 0 aliphatic rings. The van der Waals surface area contributed by atoms with Crippen molar-refractivity contribution in [2.45, 2.75) is 6.92 Å². The molecule has 0 spiro atoms. The summed E-state index contributed by atoms with van der Waals surface area (Å²) in [6.07, 6.45) is 2.83. The molecule has 1 N–H and O–H groups in total. The molecule has 118 valence electrons. The summed E-state index contributed by atoms with van der Waals surface area (Å²) in [6, 6.07) is 11.3. The van der Waals surface area contributed by atoms with Gasteiger partial charge in [-0.2, -0.15) is 0 Å². The average Bonchev–Trinajstić information content (AvgIpc) is 2.54. The number of methoxy groups -OCH3 is 1. The first-order chi connectivity index (χ1) is 11.0. The Balaban J connectivity index is 2.53. The molecular formula is C18H16FNO3. The molecule has 5 heteroatoms. The van der Waals surface area contributed by atoms with Crippen molar-refractivity contribution in [2.24, 2.45) is 0 Å². The number of nitrogens with one attached hydrogen (secondary N) is 1. The minimum Gasteiger partial charge on any atom is -0.466 e. The van der Waals surface area contributed by atoms with E-state index in [0.717, 1.165) is 11.1 Å². The molecule has 0 fully saturated rings. The average molecular weight is 313 g/mol. The smallest absolute Gasteiger partial charge is 0.330 e. The highest BCUT2D eigenvalue weighted by atomic mass is 19.1. The van der Waals surface area contributed by atoms with Gasteiger partial charge in [0.25, 0.3) is 0 Å². The molecule has 0 saturated carbocycles. The van der Waals surface area contributed by atoms with Crippen LogP contribution >= 0.6 is 0 Å². The van der Waals surface area contributed by atoms with E-state index in [1.54, 1.807) is 30.3 Å². The highest BCUT2D eigenvalue weighted by molar-refractivity contribution is 5.98. The zero-order chi connectivity index (χ0) is 16.8. The summed E-state index contributed by atoms with van der Waals surface area (Å²) in [7, 11) is 1.29. The highest BCUT2D eigenvalue weighted by Gasteiger charge is 2.10. The van der Waals surface area contributed by atoms with Crippen LogP contribution in [0.4, 0.5) is 10.1 Å². The Bertz CT molecular complexity index is 751. The van der Waals surface area contributed by atoms with Crippen molar-refractivity contribution < 1.29 is 18.7 Å². The van der Waals surface area contributed by atoms with E-state index >= 15 is 0 Å². The molecule has 1 amide bonds. The quantitative estimate of drug-likeness (QED) is 0.692. The van der Waals surface area contributed by atoms with Gasteiger partial charge in [0.2, 0.25) is 5.91 Å². The second-order valence-electron chi connectivity index (χ2n) is 4.81. The fraction of sp³-hybridized carbons (Fsp3) is 0.111. The highest BCUT2D eigenvalue weighted by Crippen LogP contribution is 2.32. The predicted octanol–water partition coefficient (Wildman–Crippen LogP) is 3.64.